The van der Waals surface area contributed by atoms with Gasteiger partial charge in [-0.05, 0) is 24.3 Å². The van der Waals surface area contributed by atoms with Gasteiger partial charge in [0.2, 0.25) is 0 Å². The molecular formula is C12H13BrO4. The van der Waals surface area contributed by atoms with Crippen LogP contribution in [0.5, 0.6) is 5.75 Å². The summed E-state index contributed by atoms with van der Waals surface area (Å²) in [6.45, 7) is 0.790. The monoisotopic (exact) mass is 300 g/mol. The first-order valence-electron chi connectivity index (χ1n) is 5.57. The van der Waals surface area contributed by atoms with E-state index in [9.17, 15) is 5.11 Å². The maximum absolute atomic E-state index is 9.61. The van der Waals surface area contributed by atoms with Crippen molar-refractivity contribution in [1.29, 1.82) is 0 Å². The molecule has 0 saturated carbocycles. The van der Waals surface area contributed by atoms with Gasteiger partial charge < -0.3 is 19.3 Å². The molecule has 0 radical (unpaired) electrons. The van der Waals surface area contributed by atoms with Crippen LogP contribution < -0.4 is 4.74 Å². The van der Waals surface area contributed by atoms with Gasteiger partial charge in [-0.2, -0.15) is 0 Å². The summed E-state index contributed by atoms with van der Waals surface area (Å²) in [6.07, 6.45) is -1.07. The van der Waals surface area contributed by atoms with Crippen molar-refractivity contribution in [3.63, 3.8) is 0 Å². The lowest BCUT2D eigenvalue weighted by molar-refractivity contribution is 0.00862. The highest BCUT2D eigenvalue weighted by atomic mass is 79.9. The standard InChI is InChI=1S/C12H13BrO4/c13-7-1-3-8(4-2-7)17-10-6-16-11-9(14)5-15-12(10)11/h1-4,9-12,14H,5-6H2. The van der Waals surface area contributed by atoms with Gasteiger partial charge in [0, 0.05) is 4.47 Å². The van der Waals surface area contributed by atoms with Crippen molar-refractivity contribution in [2.24, 2.45) is 0 Å². The minimum atomic E-state index is -0.529. The summed E-state index contributed by atoms with van der Waals surface area (Å²) in [7, 11) is 0. The highest BCUT2D eigenvalue weighted by Crippen LogP contribution is 2.30. The lowest BCUT2D eigenvalue weighted by Gasteiger charge is -2.17. The fraction of sp³-hybridized carbons (Fsp3) is 0.500. The fourth-order valence-corrected chi connectivity index (χ4v) is 2.50. The molecule has 2 aliphatic rings. The Kier molecular flexibility index (Phi) is 3.08. The van der Waals surface area contributed by atoms with E-state index in [1.54, 1.807) is 0 Å². The molecule has 2 heterocycles. The highest BCUT2D eigenvalue weighted by molar-refractivity contribution is 9.10. The first-order valence-corrected chi connectivity index (χ1v) is 6.37. The topological polar surface area (TPSA) is 47.9 Å². The second-order valence-corrected chi connectivity index (χ2v) is 5.19. The van der Waals surface area contributed by atoms with Crippen molar-refractivity contribution in [1.82, 2.24) is 0 Å². The molecule has 3 rings (SSSR count). The van der Waals surface area contributed by atoms with E-state index in [1.807, 2.05) is 24.3 Å². The Morgan fingerprint density at radius 2 is 1.82 bits per heavy atom. The number of aliphatic hydroxyl groups is 1. The van der Waals surface area contributed by atoms with Crippen molar-refractivity contribution < 1.29 is 19.3 Å². The van der Waals surface area contributed by atoms with Gasteiger partial charge in [-0.25, -0.2) is 0 Å². The van der Waals surface area contributed by atoms with Crippen molar-refractivity contribution in [2.45, 2.75) is 24.4 Å². The summed E-state index contributed by atoms with van der Waals surface area (Å²) in [6, 6.07) is 7.63. The largest absolute Gasteiger partial charge is 0.485 e. The molecule has 0 aromatic heterocycles. The van der Waals surface area contributed by atoms with E-state index in [2.05, 4.69) is 15.9 Å². The van der Waals surface area contributed by atoms with Crippen LogP contribution in [-0.2, 0) is 9.47 Å². The average molecular weight is 301 g/mol. The van der Waals surface area contributed by atoms with Gasteiger partial charge in [0.25, 0.3) is 0 Å². The van der Waals surface area contributed by atoms with Crippen molar-refractivity contribution in [3.05, 3.63) is 28.7 Å². The Bertz CT molecular complexity index is 394. The minimum Gasteiger partial charge on any atom is -0.485 e. The molecule has 17 heavy (non-hydrogen) atoms. The number of fused-ring (bicyclic) bond motifs is 1. The predicted octanol–water partition coefficient (Wildman–Crippen LogP) is 1.35. The van der Waals surface area contributed by atoms with Crippen molar-refractivity contribution in [2.75, 3.05) is 13.2 Å². The van der Waals surface area contributed by atoms with E-state index in [4.69, 9.17) is 14.2 Å². The third-order valence-electron chi connectivity index (χ3n) is 3.08. The predicted molar refractivity (Wildman–Crippen MR) is 64.0 cm³/mol. The smallest absolute Gasteiger partial charge is 0.151 e. The van der Waals surface area contributed by atoms with Crippen LogP contribution in [0.25, 0.3) is 0 Å². The number of ether oxygens (including phenoxy) is 3. The average Bonchev–Trinajstić information content (AvgIpc) is 2.87. The molecule has 1 aromatic carbocycles. The van der Waals surface area contributed by atoms with Crippen LogP contribution >= 0.6 is 15.9 Å². The zero-order chi connectivity index (χ0) is 11.8. The molecule has 0 bridgehead atoms. The zero-order valence-electron chi connectivity index (χ0n) is 9.08. The van der Waals surface area contributed by atoms with Crippen molar-refractivity contribution >= 4 is 15.9 Å². The van der Waals surface area contributed by atoms with E-state index in [0.29, 0.717) is 13.2 Å². The van der Waals surface area contributed by atoms with Gasteiger partial charge in [0.15, 0.2) is 6.10 Å². The Morgan fingerprint density at radius 1 is 1.12 bits per heavy atom. The summed E-state index contributed by atoms with van der Waals surface area (Å²) in [5.41, 5.74) is 0. The van der Waals surface area contributed by atoms with Crippen molar-refractivity contribution in [3.8, 4) is 5.75 Å². The molecule has 0 spiro atoms. The maximum Gasteiger partial charge on any atom is 0.151 e. The molecule has 1 N–H and O–H groups in total. The molecule has 4 unspecified atom stereocenters. The van der Waals surface area contributed by atoms with Gasteiger partial charge in [-0.15, -0.1) is 0 Å². The number of halogens is 1. The van der Waals surface area contributed by atoms with Gasteiger partial charge in [-0.1, -0.05) is 15.9 Å². The molecule has 5 heteroatoms. The molecule has 2 fully saturated rings. The maximum atomic E-state index is 9.61. The minimum absolute atomic E-state index is 0.140. The number of rotatable bonds is 2. The molecular weight excluding hydrogens is 288 g/mol. The quantitative estimate of drug-likeness (QED) is 0.896. The van der Waals surface area contributed by atoms with E-state index < -0.39 is 6.10 Å². The first kappa shape index (κ1) is 11.5. The first-order chi connectivity index (χ1) is 8.24. The normalized spacial score (nSPS) is 35.9. The Morgan fingerprint density at radius 3 is 2.59 bits per heavy atom. The number of hydrogen-bond acceptors (Lipinski definition) is 4. The number of aliphatic hydroxyl groups excluding tert-OH is 1. The Labute approximate surface area is 108 Å². The number of hydrogen-bond donors (Lipinski definition) is 1. The molecule has 0 amide bonds. The van der Waals surface area contributed by atoms with E-state index in [-0.39, 0.29) is 18.3 Å². The van der Waals surface area contributed by atoms with Gasteiger partial charge >= 0.3 is 0 Å². The molecule has 2 aliphatic heterocycles. The summed E-state index contributed by atoms with van der Waals surface area (Å²) in [4.78, 5) is 0. The molecule has 4 nitrogen and oxygen atoms in total. The second kappa shape index (κ2) is 4.57. The summed E-state index contributed by atoms with van der Waals surface area (Å²) < 4.78 is 17.8. The molecule has 92 valence electrons. The summed E-state index contributed by atoms with van der Waals surface area (Å²) in [5, 5.41) is 9.61. The second-order valence-electron chi connectivity index (χ2n) is 4.27. The van der Waals surface area contributed by atoms with Gasteiger partial charge in [-0.3, -0.25) is 0 Å². The number of benzene rings is 1. The van der Waals surface area contributed by atoms with Crippen LogP contribution in [0.1, 0.15) is 0 Å². The van der Waals surface area contributed by atoms with Crippen LogP contribution in [0.15, 0.2) is 28.7 Å². The Hall–Kier alpha value is -0.620. The van der Waals surface area contributed by atoms with Crippen LogP contribution in [0, 0.1) is 0 Å². The van der Waals surface area contributed by atoms with E-state index in [1.165, 1.54) is 0 Å². The van der Waals surface area contributed by atoms with Crippen LogP contribution in [0.2, 0.25) is 0 Å². The van der Waals surface area contributed by atoms with E-state index >= 15 is 0 Å². The lowest BCUT2D eigenvalue weighted by atomic mass is 10.1. The van der Waals surface area contributed by atoms with Crippen LogP contribution in [-0.4, -0.2) is 42.7 Å². The van der Waals surface area contributed by atoms with Crippen LogP contribution in [0.4, 0.5) is 0 Å². The molecule has 1 aromatic rings. The van der Waals surface area contributed by atoms with Crippen LogP contribution in [0.3, 0.4) is 0 Å². The SMILES string of the molecule is OC1COC2C(Oc3ccc(Br)cc3)COC12. The van der Waals surface area contributed by atoms with Gasteiger partial charge in [0.1, 0.15) is 24.1 Å². The fourth-order valence-electron chi connectivity index (χ4n) is 2.23. The third-order valence-corrected chi connectivity index (χ3v) is 3.61. The lowest BCUT2D eigenvalue weighted by Crippen LogP contribution is -2.34. The summed E-state index contributed by atoms with van der Waals surface area (Å²) in [5.74, 6) is 0.785. The highest BCUT2D eigenvalue weighted by Gasteiger charge is 2.48. The molecule has 4 atom stereocenters. The zero-order valence-corrected chi connectivity index (χ0v) is 10.7. The van der Waals surface area contributed by atoms with E-state index in [0.717, 1.165) is 10.2 Å². The summed E-state index contributed by atoms with van der Waals surface area (Å²) >= 11 is 3.37. The molecule has 2 saturated heterocycles. The van der Waals surface area contributed by atoms with Gasteiger partial charge in [0.05, 0.1) is 13.2 Å². The molecule has 0 aliphatic carbocycles. The Balaban J connectivity index is 1.68. The third kappa shape index (κ3) is 2.20.